The zero-order valence-corrected chi connectivity index (χ0v) is 9.74. The van der Waals surface area contributed by atoms with Crippen LogP contribution in [0.5, 0.6) is 0 Å². The van der Waals surface area contributed by atoms with E-state index in [4.69, 9.17) is 11.6 Å². The molecule has 3 heteroatoms. The Balaban J connectivity index is 2.13. The molecule has 0 atom stereocenters. The lowest BCUT2D eigenvalue weighted by Crippen LogP contribution is -1.86. The maximum Gasteiger partial charge on any atom is 0.417 e. The number of ether oxygens (including phenoxy) is 1. The molecule has 0 fully saturated rings. The van der Waals surface area contributed by atoms with Gasteiger partial charge in [0.1, 0.15) is 6.61 Å². The van der Waals surface area contributed by atoms with Crippen molar-refractivity contribution in [3.8, 4) is 0 Å². The van der Waals surface area contributed by atoms with E-state index in [0.717, 1.165) is 24.3 Å². The Labute approximate surface area is 101 Å². The normalized spacial score (nSPS) is 10.6. The molecule has 0 aliphatic carbocycles. The first-order valence-electron chi connectivity index (χ1n) is 5.21. The largest absolute Gasteiger partial charge is 0.453 e. The number of benzene rings is 1. The Bertz CT molecular complexity index is 330. The zero-order chi connectivity index (χ0) is 11.6. The minimum Gasteiger partial charge on any atom is -0.453 e. The molecule has 0 saturated heterocycles. The first-order valence-corrected chi connectivity index (χ1v) is 5.59. The standard InChI is InChI=1S/C13H14ClO2/c14-13-8-6-12(7-9-13)5-3-1-2-4-10-16-11-15/h2,4,6-9H,1,3,5,10H2/b4-2+. The summed E-state index contributed by atoms with van der Waals surface area (Å²) in [7, 11) is 0. The molecule has 2 nitrogen and oxygen atoms in total. The van der Waals surface area contributed by atoms with Crippen LogP contribution in [0.4, 0.5) is 0 Å². The molecule has 1 aromatic carbocycles. The number of hydrogen-bond acceptors (Lipinski definition) is 2. The number of unbranched alkanes of at least 4 members (excludes halogenated alkanes) is 1. The molecule has 85 valence electrons. The van der Waals surface area contributed by atoms with Gasteiger partial charge in [0.15, 0.2) is 0 Å². The molecule has 1 radical (unpaired) electrons. The summed E-state index contributed by atoms with van der Waals surface area (Å²) >= 11 is 5.79. The molecule has 0 heterocycles. The molecule has 0 aliphatic rings. The van der Waals surface area contributed by atoms with Gasteiger partial charge in [-0.05, 0) is 37.0 Å². The fourth-order valence-electron chi connectivity index (χ4n) is 1.34. The second kappa shape index (κ2) is 7.94. The van der Waals surface area contributed by atoms with E-state index in [0.29, 0.717) is 6.61 Å². The Morgan fingerprint density at radius 1 is 1.25 bits per heavy atom. The Hall–Kier alpha value is -1.28. The summed E-state index contributed by atoms with van der Waals surface area (Å²) in [5.41, 5.74) is 1.29. The average Bonchev–Trinajstić information content (AvgIpc) is 2.30. The van der Waals surface area contributed by atoms with E-state index in [-0.39, 0.29) is 0 Å². The van der Waals surface area contributed by atoms with E-state index < -0.39 is 0 Å². The van der Waals surface area contributed by atoms with Crippen LogP contribution in [0.3, 0.4) is 0 Å². The number of aryl methyl sites for hydroxylation is 1. The molecule has 0 N–H and O–H groups in total. The molecule has 0 aromatic heterocycles. The first kappa shape index (κ1) is 12.8. The highest BCUT2D eigenvalue weighted by Gasteiger charge is 1.92. The molecule has 16 heavy (non-hydrogen) atoms. The van der Waals surface area contributed by atoms with E-state index in [9.17, 15) is 4.79 Å². The van der Waals surface area contributed by atoms with Crippen LogP contribution < -0.4 is 0 Å². The Morgan fingerprint density at radius 3 is 2.69 bits per heavy atom. The highest BCUT2D eigenvalue weighted by atomic mass is 35.5. The van der Waals surface area contributed by atoms with Gasteiger partial charge in [-0.2, -0.15) is 0 Å². The SMILES string of the molecule is O=[C]OC/C=C/CCCc1ccc(Cl)cc1. The van der Waals surface area contributed by atoms with Gasteiger partial charge < -0.3 is 4.74 Å². The van der Waals surface area contributed by atoms with Crippen molar-refractivity contribution in [2.75, 3.05) is 6.61 Å². The number of rotatable bonds is 7. The summed E-state index contributed by atoms with van der Waals surface area (Å²) in [6.07, 6.45) is 6.91. The fourth-order valence-corrected chi connectivity index (χ4v) is 1.47. The van der Waals surface area contributed by atoms with Crippen LogP contribution in [0.25, 0.3) is 0 Å². The third-order valence-corrected chi connectivity index (χ3v) is 2.41. The van der Waals surface area contributed by atoms with Crippen molar-refractivity contribution < 1.29 is 9.53 Å². The molecule has 0 bridgehead atoms. The monoisotopic (exact) mass is 237 g/mol. The van der Waals surface area contributed by atoms with Gasteiger partial charge in [-0.1, -0.05) is 35.9 Å². The molecule has 0 saturated carbocycles. The van der Waals surface area contributed by atoms with Gasteiger partial charge in [0.2, 0.25) is 0 Å². The van der Waals surface area contributed by atoms with Crippen molar-refractivity contribution in [2.24, 2.45) is 0 Å². The van der Waals surface area contributed by atoms with Crippen molar-refractivity contribution in [1.82, 2.24) is 0 Å². The van der Waals surface area contributed by atoms with Gasteiger partial charge >= 0.3 is 6.47 Å². The van der Waals surface area contributed by atoms with Gasteiger partial charge in [-0.15, -0.1) is 0 Å². The van der Waals surface area contributed by atoms with Crippen molar-refractivity contribution in [3.05, 3.63) is 47.0 Å². The summed E-state index contributed by atoms with van der Waals surface area (Å²) < 4.78 is 4.40. The molecule has 1 aromatic rings. The molecular weight excluding hydrogens is 224 g/mol. The van der Waals surface area contributed by atoms with E-state index in [1.807, 2.05) is 36.4 Å². The summed E-state index contributed by atoms with van der Waals surface area (Å²) in [5, 5.41) is 0.769. The van der Waals surface area contributed by atoms with Gasteiger partial charge in [0, 0.05) is 5.02 Å². The lowest BCUT2D eigenvalue weighted by molar-refractivity contribution is 0.313. The van der Waals surface area contributed by atoms with Gasteiger partial charge in [0.25, 0.3) is 0 Å². The van der Waals surface area contributed by atoms with Crippen molar-refractivity contribution in [2.45, 2.75) is 19.3 Å². The minimum absolute atomic E-state index is 0.310. The molecular formula is C13H14ClO2. The minimum atomic E-state index is 0.310. The van der Waals surface area contributed by atoms with Gasteiger partial charge in [0.05, 0.1) is 0 Å². The predicted octanol–water partition coefficient (Wildman–Crippen LogP) is 3.30. The van der Waals surface area contributed by atoms with Crippen molar-refractivity contribution in [3.63, 3.8) is 0 Å². The Kier molecular flexibility index (Phi) is 6.35. The van der Waals surface area contributed by atoms with Crippen LogP contribution in [0.2, 0.25) is 5.02 Å². The zero-order valence-electron chi connectivity index (χ0n) is 8.99. The van der Waals surface area contributed by atoms with E-state index in [1.54, 1.807) is 0 Å². The molecule has 1 rings (SSSR count). The van der Waals surface area contributed by atoms with Crippen LogP contribution in [-0.4, -0.2) is 13.1 Å². The highest BCUT2D eigenvalue weighted by Crippen LogP contribution is 2.11. The molecule has 0 aliphatic heterocycles. The summed E-state index contributed by atoms with van der Waals surface area (Å²) in [6.45, 7) is 1.69. The van der Waals surface area contributed by atoms with Crippen LogP contribution in [-0.2, 0) is 16.0 Å². The molecule has 0 amide bonds. The molecule has 0 unspecified atom stereocenters. The first-order chi connectivity index (χ1) is 7.83. The topological polar surface area (TPSA) is 26.3 Å². The quantitative estimate of drug-likeness (QED) is 0.537. The van der Waals surface area contributed by atoms with Crippen LogP contribution >= 0.6 is 11.6 Å². The van der Waals surface area contributed by atoms with Crippen LogP contribution in [0, 0.1) is 0 Å². The van der Waals surface area contributed by atoms with E-state index >= 15 is 0 Å². The number of carbonyl (C=O) groups excluding carboxylic acids is 1. The smallest absolute Gasteiger partial charge is 0.417 e. The van der Waals surface area contributed by atoms with Crippen molar-refractivity contribution in [1.29, 1.82) is 0 Å². The summed E-state index contributed by atoms with van der Waals surface area (Å²) in [6, 6.07) is 7.88. The van der Waals surface area contributed by atoms with Gasteiger partial charge in [-0.3, -0.25) is 0 Å². The molecule has 0 spiro atoms. The summed E-state index contributed by atoms with van der Waals surface area (Å²) in [5.74, 6) is 0. The third-order valence-electron chi connectivity index (χ3n) is 2.15. The summed E-state index contributed by atoms with van der Waals surface area (Å²) in [4.78, 5) is 9.71. The van der Waals surface area contributed by atoms with E-state index in [1.165, 1.54) is 12.0 Å². The number of halogens is 1. The van der Waals surface area contributed by atoms with Gasteiger partial charge in [-0.25, -0.2) is 4.79 Å². The fraction of sp³-hybridized carbons (Fsp3) is 0.308. The maximum absolute atomic E-state index is 9.71. The maximum atomic E-state index is 9.71. The number of hydrogen-bond donors (Lipinski definition) is 0. The highest BCUT2D eigenvalue weighted by molar-refractivity contribution is 6.30. The lowest BCUT2D eigenvalue weighted by Gasteiger charge is -1.99. The van der Waals surface area contributed by atoms with Crippen LogP contribution in [0.1, 0.15) is 18.4 Å². The number of allylic oxidation sites excluding steroid dienone is 1. The Morgan fingerprint density at radius 2 is 2.00 bits per heavy atom. The van der Waals surface area contributed by atoms with Crippen molar-refractivity contribution >= 4 is 18.1 Å². The second-order valence-electron chi connectivity index (χ2n) is 3.38. The third kappa shape index (κ3) is 5.56. The van der Waals surface area contributed by atoms with Crippen LogP contribution in [0.15, 0.2) is 36.4 Å². The predicted molar refractivity (Wildman–Crippen MR) is 65.2 cm³/mol. The van der Waals surface area contributed by atoms with E-state index in [2.05, 4.69) is 4.74 Å². The average molecular weight is 238 g/mol. The second-order valence-corrected chi connectivity index (χ2v) is 3.82. The lowest BCUT2D eigenvalue weighted by atomic mass is 10.1.